The molecule has 0 aliphatic carbocycles. The number of aromatic nitrogens is 1. The van der Waals surface area contributed by atoms with E-state index in [1.54, 1.807) is 6.07 Å². The molecule has 12 heteroatoms. The van der Waals surface area contributed by atoms with E-state index < -0.39 is 40.8 Å². The van der Waals surface area contributed by atoms with E-state index in [4.69, 9.17) is 16.3 Å². The topological polar surface area (TPSA) is 84.1 Å². The molecule has 182 valence electrons. The summed E-state index contributed by atoms with van der Waals surface area (Å²) in [7, 11) is 0. The van der Waals surface area contributed by atoms with Gasteiger partial charge in [-0.1, -0.05) is 23.7 Å². The first kappa shape index (κ1) is 26.2. The van der Waals surface area contributed by atoms with E-state index in [-0.39, 0.29) is 35.3 Å². The van der Waals surface area contributed by atoms with E-state index in [0.29, 0.717) is 9.59 Å². The van der Waals surface area contributed by atoms with Crippen molar-refractivity contribution in [2.75, 3.05) is 6.54 Å². The van der Waals surface area contributed by atoms with Crippen LogP contribution in [0.5, 0.6) is 0 Å². The minimum absolute atomic E-state index is 0.110. The molecule has 0 radical (unpaired) electrons. The van der Waals surface area contributed by atoms with Crippen LogP contribution in [0.4, 0.5) is 17.6 Å². The van der Waals surface area contributed by atoms with Crippen LogP contribution in [0.1, 0.15) is 28.0 Å². The molecule has 0 atom stereocenters. The molecule has 0 aliphatic rings. The summed E-state index contributed by atoms with van der Waals surface area (Å²) in [5, 5.41) is 12.3. The average Bonchev–Trinajstić information content (AvgIpc) is 3.10. The highest BCUT2D eigenvalue weighted by Crippen LogP contribution is 2.43. The quantitative estimate of drug-likeness (QED) is 0.281. The molecule has 3 rings (SSSR count). The number of rotatable bonds is 7. The van der Waals surface area contributed by atoms with Gasteiger partial charge in [-0.2, -0.15) is 18.4 Å². The van der Waals surface area contributed by atoms with Crippen LogP contribution in [-0.2, 0) is 22.4 Å². The first-order chi connectivity index (χ1) is 16.5. The van der Waals surface area contributed by atoms with Gasteiger partial charge in [0.1, 0.15) is 17.6 Å². The number of benzene rings is 2. The van der Waals surface area contributed by atoms with E-state index >= 15 is 0 Å². The number of ether oxygens (including phenoxy) is 1. The highest BCUT2D eigenvalue weighted by Gasteiger charge is 2.41. The van der Waals surface area contributed by atoms with Gasteiger partial charge < -0.3 is 14.6 Å². The van der Waals surface area contributed by atoms with Gasteiger partial charge in [0.25, 0.3) is 5.91 Å². The van der Waals surface area contributed by atoms with Crippen molar-refractivity contribution in [3.05, 3.63) is 80.7 Å². The molecule has 0 aliphatic heterocycles. The number of carbonyl (C=O) groups is 2. The Balaban J connectivity index is 1.77. The molecule has 0 saturated heterocycles. The Morgan fingerprint density at radius 3 is 2.31 bits per heavy atom. The smallest absolute Gasteiger partial charge is 0.432 e. The summed E-state index contributed by atoms with van der Waals surface area (Å²) >= 11 is 8.72. The zero-order chi connectivity index (χ0) is 25.8. The summed E-state index contributed by atoms with van der Waals surface area (Å²) in [5.41, 5.74) is -1.17. The summed E-state index contributed by atoms with van der Waals surface area (Å²) in [5.74, 6) is -1.96. The van der Waals surface area contributed by atoms with E-state index in [0.717, 1.165) is 12.1 Å². The fourth-order valence-corrected chi connectivity index (χ4v) is 4.04. The minimum Gasteiger partial charge on any atom is -0.444 e. The van der Waals surface area contributed by atoms with Crippen LogP contribution in [0.25, 0.3) is 11.3 Å². The van der Waals surface area contributed by atoms with Crippen LogP contribution in [0.2, 0.25) is 5.02 Å². The second-order valence-corrected chi connectivity index (χ2v) is 8.32. The number of alkyl halides is 3. The van der Waals surface area contributed by atoms with Gasteiger partial charge in [0.15, 0.2) is 6.73 Å². The average molecular weight is 573 g/mol. The molecule has 1 N–H and O–H groups in total. The third kappa shape index (κ3) is 6.21. The fourth-order valence-electron chi connectivity index (χ4n) is 3.19. The van der Waals surface area contributed by atoms with Crippen molar-refractivity contribution in [3.8, 4) is 17.3 Å². The van der Waals surface area contributed by atoms with Crippen molar-refractivity contribution < 1.29 is 31.9 Å². The largest absolute Gasteiger partial charge is 0.444 e. The zero-order valence-corrected chi connectivity index (χ0v) is 20.0. The van der Waals surface area contributed by atoms with Crippen LogP contribution in [0.15, 0.2) is 53.0 Å². The predicted octanol–water partition coefficient (Wildman–Crippen LogP) is 5.92. The number of esters is 1. The number of nitrogens with one attached hydrogen (secondary N) is 1. The monoisotopic (exact) mass is 571 g/mol. The summed E-state index contributed by atoms with van der Waals surface area (Å²) in [6.07, 6.45) is -5.21. The highest BCUT2D eigenvalue weighted by atomic mass is 79.9. The van der Waals surface area contributed by atoms with E-state index in [1.807, 2.05) is 0 Å². The Kier molecular flexibility index (Phi) is 8.19. The molecule has 1 heterocycles. The van der Waals surface area contributed by atoms with Crippen molar-refractivity contribution in [1.82, 2.24) is 9.88 Å². The normalized spacial score (nSPS) is 11.1. The molecule has 0 unspecified atom stereocenters. The molecule has 0 bridgehead atoms. The van der Waals surface area contributed by atoms with Crippen LogP contribution in [0, 0.1) is 17.1 Å². The number of nitrogens with zero attached hydrogens (tertiary/aromatic N) is 2. The van der Waals surface area contributed by atoms with Gasteiger partial charge in [0, 0.05) is 17.1 Å². The summed E-state index contributed by atoms with van der Waals surface area (Å²) < 4.78 is 59.7. The lowest BCUT2D eigenvalue weighted by Gasteiger charge is -2.16. The molecule has 1 amide bonds. The van der Waals surface area contributed by atoms with Gasteiger partial charge in [0.05, 0.1) is 22.2 Å². The lowest BCUT2D eigenvalue weighted by atomic mass is 10.1. The van der Waals surface area contributed by atoms with Gasteiger partial charge in [0.2, 0.25) is 0 Å². The molecule has 0 fully saturated rings. The van der Waals surface area contributed by atoms with E-state index in [9.17, 15) is 32.4 Å². The van der Waals surface area contributed by atoms with Crippen molar-refractivity contribution in [3.63, 3.8) is 0 Å². The van der Waals surface area contributed by atoms with Gasteiger partial charge in [-0.05, 0) is 57.9 Å². The molecule has 2 aromatic carbocycles. The molecule has 0 spiro atoms. The number of hydrogen-bond acceptors (Lipinski definition) is 4. The SMILES string of the molecule is N#Cc1c(Br)c(C(F)(F)F)n(COC(=O)CCNC(=O)c2ccc(F)cc2)c1-c1ccc(Cl)cc1. The first-order valence-corrected chi connectivity index (χ1v) is 11.0. The van der Waals surface area contributed by atoms with Crippen molar-refractivity contribution in [2.45, 2.75) is 19.3 Å². The number of nitriles is 1. The molecule has 6 nitrogen and oxygen atoms in total. The Morgan fingerprint density at radius 2 is 1.74 bits per heavy atom. The van der Waals surface area contributed by atoms with Crippen molar-refractivity contribution in [2.24, 2.45) is 0 Å². The second-order valence-electron chi connectivity index (χ2n) is 7.09. The maximum atomic E-state index is 13.8. The predicted molar refractivity (Wildman–Crippen MR) is 122 cm³/mol. The zero-order valence-electron chi connectivity index (χ0n) is 17.6. The van der Waals surface area contributed by atoms with Crippen LogP contribution in [-0.4, -0.2) is 23.0 Å². The molecular weight excluding hydrogens is 558 g/mol. The summed E-state index contributed by atoms with van der Waals surface area (Å²) in [6.45, 7) is -0.998. The standard InChI is InChI=1S/C23H15BrClF4N3O3/c24-19-17(11-30)20(13-1-5-15(25)6-2-13)32(21(19)23(27,28)29)12-35-18(33)9-10-31-22(34)14-3-7-16(26)8-4-14/h1-8H,9-10,12H2,(H,31,34). The maximum absolute atomic E-state index is 13.8. The van der Waals surface area contributed by atoms with Crippen LogP contribution >= 0.6 is 27.5 Å². The van der Waals surface area contributed by atoms with E-state index in [2.05, 4.69) is 21.2 Å². The maximum Gasteiger partial charge on any atom is 0.432 e. The van der Waals surface area contributed by atoms with Gasteiger partial charge >= 0.3 is 12.1 Å². The minimum atomic E-state index is -4.87. The van der Waals surface area contributed by atoms with Crippen molar-refractivity contribution in [1.29, 1.82) is 5.26 Å². The molecule has 0 saturated carbocycles. The van der Waals surface area contributed by atoms with Crippen LogP contribution in [0.3, 0.4) is 0 Å². The third-order valence-electron chi connectivity index (χ3n) is 4.78. The number of amides is 1. The molecular formula is C23H15BrClF4N3O3. The Hall–Kier alpha value is -3.36. The first-order valence-electron chi connectivity index (χ1n) is 9.87. The molecule has 35 heavy (non-hydrogen) atoms. The molecule has 3 aromatic rings. The van der Waals surface area contributed by atoms with E-state index in [1.165, 1.54) is 36.4 Å². The molecule has 1 aromatic heterocycles. The van der Waals surface area contributed by atoms with Gasteiger partial charge in [-0.15, -0.1) is 0 Å². The fraction of sp³-hybridized carbons (Fsp3) is 0.174. The summed E-state index contributed by atoms with van der Waals surface area (Å²) in [6, 6.07) is 12.3. The highest BCUT2D eigenvalue weighted by molar-refractivity contribution is 9.10. The Bertz CT molecular complexity index is 1280. The Morgan fingerprint density at radius 1 is 1.11 bits per heavy atom. The lowest BCUT2D eigenvalue weighted by Crippen LogP contribution is -2.27. The number of hydrogen-bond donors (Lipinski definition) is 1. The van der Waals surface area contributed by atoms with Crippen LogP contribution < -0.4 is 5.32 Å². The second kappa shape index (κ2) is 10.9. The lowest BCUT2D eigenvalue weighted by molar-refractivity contribution is -0.155. The Labute approximate surface area is 210 Å². The third-order valence-corrected chi connectivity index (χ3v) is 5.80. The number of halogens is 6. The number of carbonyl (C=O) groups excluding carboxylic acids is 2. The van der Waals surface area contributed by atoms with Gasteiger partial charge in [-0.25, -0.2) is 4.39 Å². The summed E-state index contributed by atoms with van der Waals surface area (Å²) in [4.78, 5) is 24.2. The van der Waals surface area contributed by atoms with Crippen molar-refractivity contribution >= 4 is 39.4 Å². The van der Waals surface area contributed by atoms with Gasteiger partial charge in [-0.3, -0.25) is 9.59 Å².